The molecule has 1 aromatic heterocycles. The van der Waals surface area contributed by atoms with Gasteiger partial charge in [-0.3, -0.25) is 0 Å². The molecule has 0 aliphatic rings. The van der Waals surface area contributed by atoms with Crippen molar-refractivity contribution in [3.63, 3.8) is 0 Å². The Morgan fingerprint density at radius 1 is 1.50 bits per heavy atom. The molecule has 1 rings (SSSR count). The summed E-state index contributed by atoms with van der Waals surface area (Å²) in [4.78, 5) is 7.93. The molecule has 0 saturated carbocycles. The Balaban J connectivity index is 2.75. The maximum atomic E-state index is 5.59. The van der Waals surface area contributed by atoms with Crippen molar-refractivity contribution in [2.75, 3.05) is 5.75 Å². The number of nitrogens with two attached hydrogens (primary N) is 1. The molecular formula is C6H9N3S. The van der Waals surface area contributed by atoms with Gasteiger partial charge in [-0.2, -0.15) is 12.6 Å². The van der Waals surface area contributed by atoms with Crippen LogP contribution in [0.2, 0.25) is 0 Å². The van der Waals surface area contributed by atoms with Crippen LogP contribution in [0.3, 0.4) is 0 Å². The summed E-state index contributed by atoms with van der Waals surface area (Å²) in [6, 6.07) is 1.61. The molecule has 54 valence electrons. The van der Waals surface area contributed by atoms with Crippen LogP contribution in [0.1, 0.15) is 11.9 Å². The largest absolute Gasteiger partial charge is 0.321 e. The Kier molecular flexibility index (Phi) is 2.65. The molecule has 0 aliphatic heterocycles. The van der Waals surface area contributed by atoms with Crippen LogP contribution in [0.15, 0.2) is 18.5 Å². The van der Waals surface area contributed by atoms with Gasteiger partial charge in [0.15, 0.2) is 0 Å². The fourth-order valence-corrected chi connectivity index (χ4v) is 0.747. The fraction of sp³-hybridized carbons (Fsp3) is 0.333. The third-order valence-electron chi connectivity index (χ3n) is 1.11. The van der Waals surface area contributed by atoms with Gasteiger partial charge in [-0.1, -0.05) is 0 Å². The number of hydrogen-bond acceptors (Lipinski definition) is 4. The molecule has 10 heavy (non-hydrogen) atoms. The molecule has 0 fully saturated rings. The number of thiol groups is 1. The first kappa shape index (κ1) is 7.50. The van der Waals surface area contributed by atoms with Crippen LogP contribution in [0.5, 0.6) is 0 Å². The van der Waals surface area contributed by atoms with Crippen molar-refractivity contribution < 1.29 is 0 Å². The van der Waals surface area contributed by atoms with Crippen molar-refractivity contribution in [3.8, 4) is 0 Å². The molecule has 3 nitrogen and oxygen atoms in total. The summed E-state index contributed by atoms with van der Waals surface area (Å²) in [5.74, 6) is 1.22. The summed E-state index contributed by atoms with van der Waals surface area (Å²) in [6.07, 6.45) is 3.34. The van der Waals surface area contributed by atoms with Crippen molar-refractivity contribution in [2.45, 2.75) is 6.04 Å². The molecular weight excluding hydrogens is 146 g/mol. The standard InChI is InChI=1S/C6H9N3S/c7-5(4-10)6-8-2-1-3-9-6/h1-3,5,10H,4,7H2/t5-/m0/s1. The fourth-order valence-electron chi connectivity index (χ4n) is 0.584. The van der Waals surface area contributed by atoms with Crippen LogP contribution in [0.25, 0.3) is 0 Å². The van der Waals surface area contributed by atoms with Crippen molar-refractivity contribution in [3.05, 3.63) is 24.3 Å². The third kappa shape index (κ3) is 1.68. The Morgan fingerprint density at radius 3 is 2.60 bits per heavy atom. The van der Waals surface area contributed by atoms with Gasteiger partial charge in [0, 0.05) is 18.1 Å². The van der Waals surface area contributed by atoms with Crippen LogP contribution in [-0.2, 0) is 0 Å². The zero-order chi connectivity index (χ0) is 7.40. The number of nitrogens with zero attached hydrogens (tertiary/aromatic N) is 2. The van der Waals surface area contributed by atoms with E-state index in [-0.39, 0.29) is 6.04 Å². The summed E-state index contributed by atoms with van der Waals surface area (Å²) in [5.41, 5.74) is 5.59. The minimum absolute atomic E-state index is 0.149. The number of hydrogen-bond donors (Lipinski definition) is 2. The van der Waals surface area contributed by atoms with Gasteiger partial charge in [-0.25, -0.2) is 9.97 Å². The van der Waals surface area contributed by atoms with E-state index in [1.54, 1.807) is 18.5 Å². The highest BCUT2D eigenvalue weighted by Crippen LogP contribution is 2.02. The molecule has 0 saturated heterocycles. The SMILES string of the molecule is N[C@@H](CS)c1ncccn1. The maximum Gasteiger partial charge on any atom is 0.145 e. The molecule has 1 atom stereocenters. The van der Waals surface area contributed by atoms with Crippen molar-refractivity contribution in [1.29, 1.82) is 0 Å². The van der Waals surface area contributed by atoms with E-state index in [1.807, 2.05) is 0 Å². The van der Waals surface area contributed by atoms with Gasteiger partial charge in [-0.15, -0.1) is 0 Å². The minimum Gasteiger partial charge on any atom is -0.321 e. The monoisotopic (exact) mass is 155 g/mol. The summed E-state index contributed by atoms with van der Waals surface area (Å²) < 4.78 is 0. The van der Waals surface area contributed by atoms with Gasteiger partial charge in [0.1, 0.15) is 5.82 Å². The molecule has 0 bridgehead atoms. The second kappa shape index (κ2) is 3.53. The van der Waals surface area contributed by atoms with Crippen molar-refractivity contribution >= 4 is 12.6 Å². The first-order chi connectivity index (χ1) is 4.84. The quantitative estimate of drug-likeness (QED) is 0.608. The first-order valence-corrected chi connectivity index (χ1v) is 3.61. The van der Waals surface area contributed by atoms with E-state index >= 15 is 0 Å². The van der Waals surface area contributed by atoms with E-state index in [0.717, 1.165) is 0 Å². The predicted octanol–water partition coefficient (Wildman–Crippen LogP) is 0.406. The smallest absolute Gasteiger partial charge is 0.145 e. The van der Waals surface area contributed by atoms with Crippen LogP contribution >= 0.6 is 12.6 Å². The van der Waals surface area contributed by atoms with Crippen LogP contribution in [0.4, 0.5) is 0 Å². The number of rotatable bonds is 2. The Hall–Kier alpha value is -0.610. The molecule has 0 radical (unpaired) electrons. The van der Waals surface area contributed by atoms with Gasteiger partial charge in [0.25, 0.3) is 0 Å². The highest BCUT2D eigenvalue weighted by atomic mass is 32.1. The summed E-state index contributed by atoms with van der Waals surface area (Å²) >= 11 is 4.02. The second-order valence-corrected chi connectivity index (χ2v) is 2.26. The van der Waals surface area contributed by atoms with E-state index in [0.29, 0.717) is 11.6 Å². The molecule has 0 aliphatic carbocycles. The van der Waals surface area contributed by atoms with Crippen molar-refractivity contribution in [1.82, 2.24) is 9.97 Å². The molecule has 1 heterocycles. The Morgan fingerprint density at radius 2 is 2.10 bits per heavy atom. The number of aromatic nitrogens is 2. The van der Waals surface area contributed by atoms with Crippen LogP contribution in [0, 0.1) is 0 Å². The molecule has 0 aromatic carbocycles. The minimum atomic E-state index is -0.149. The average Bonchev–Trinajstić information content (AvgIpc) is 2.05. The highest BCUT2D eigenvalue weighted by molar-refractivity contribution is 7.80. The van der Waals surface area contributed by atoms with E-state index in [2.05, 4.69) is 22.6 Å². The Labute approximate surface area is 65.1 Å². The molecule has 0 unspecified atom stereocenters. The molecule has 4 heteroatoms. The van der Waals surface area contributed by atoms with Crippen molar-refractivity contribution in [2.24, 2.45) is 5.73 Å². The summed E-state index contributed by atoms with van der Waals surface area (Å²) in [6.45, 7) is 0. The molecule has 2 N–H and O–H groups in total. The van der Waals surface area contributed by atoms with Crippen LogP contribution in [-0.4, -0.2) is 15.7 Å². The van der Waals surface area contributed by atoms with E-state index in [9.17, 15) is 0 Å². The highest BCUT2D eigenvalue weighted by Gasteiger charge is 2.03. The van der Waals surface area contributed by atoms with E-state index < -0.39 is 0 Å². The lowest BCUT2D eigenvalue weighted by Crippen LogP contribution is -2.14. The predicted molar refractivity (Wildman–Crippen MR) is 42.8 cm³/mol. The molecule has 1 aromatic rings. The Bertz CT molecular complexity index is 189. The normalized spacial score (nSPS) is 13.0. The second-order valence-electron chi connectivity index (χ2n) is 1.90. The summed E-state index contributed by atoms with van der Waals surface area (Å²) in [7, 11) is 0. The maximum absolute atomic E-state index is 5.59. The van der Waals surface area contributed by atoms with E-state index in [1.165, 1.54) is 0 Å². The zero-order valence-corrected chi connectivity index (χ0v) is 6.33. The molecule has 0 amide bonds. The van der Waals surface area contributed by atoms with Gasteiger partial charge in [0.05, 0.1) is 6.04 Å². The van der Waals surface area contributed by atoms with Crippen LogP contribution < -0.4 is 5.73 Å². The lowest BCUT2D eigenvalue weighted by Gasteiger charge is -2.03. The summed E-state index contributed by atoms with van der Waals surface area (Å²) in [5, 5.41) is 0. The van der Waals surface area contributed by atoms with Gasteiger partial charge >= 0.3 is 0 Å². The van der Waals surface area contributed by atoms with Gasteiger partial charge in [-0.05, 0) is 6.07 Å². The lowest BCUT2D eigenvalue weighted by molar-refractivity contribution is 0.751. The van der Waals surface area contributed by atoms with E-state index in [4.69, 9.17) is 5.73 Å². The average molecular weight is 155 g/mol. The lowest BCUT2D eigenvalue weighted by atomic mass is 10.3. The first-order valence-electron chi connectivity index (χ1n) is 2.98. The third-order valence-corrected chi connectivity index (χ3v) is 1.51. The topological polar surface area (TPSA) is 51.8 Å². The molecule has 0 spiro atoms. The zero-order valence-electron chi connectivity index (χ0n) is 5.44. The van der Waals surface area contributed by atoms with Gasteiger partial charge in [0.2, 0.25) is 0 Å². The van der Waals surface area contributed by atoms with Gasteiger partial charge < -0.3 is 5.73 Å².